The van der Waals surface area contributed by atoms with E-state index in [-0.39, 0.29) is 20.3 Å². The minimum absolute atomic E-state index is 0. The predicted molar refractivity (Wildman–Crippen MR) is 50.5 cm³/mol. The van der Waals surface area contributed by atoms with E-state index in [4.69, 9.17) is 0 Å². The molecular weight excluding hydrogens is 143 g/mol. The fourth-order valence-corrected chi connectivity index (χ4v) is 2.13. The van der Waals surface area contributed by atoms with Crippen LogP contribution in [0.3, 0.4) is 0 Å². The molecule has 1 aromatic carbocycles. The molecule has 0 aromatic heterocycles. The van der Waals surface area contributed by atoms with Gasteiger partial charge in [-0.15, -0.1) is 0 Å². The number of hydrogen-bond donors (Lipinski definition) is 0. The minimum Gasteiger partial charge on any atom is -1.00 e. The van der Waals surface area contributed by atoms with E-state index in [0.717, 1.165) is 0 Å². The van der Waals surface area contributed by atoms with E-state index >= 15 is 0 Å². The van der Waals surface area contributed by atoms with Crippen molar-refractivity contribution in [3.05, 3.63) is 30.3 Å². The van der Waals surface area contributed by atoms with E-state index in [2.05, 4.69) is 50.0 Å². The molecule has 56 valence electrons. The van der Waals surface area contributed by atoms with Crippen LogP contribution in [0.5, 0.6) is 0 Å². The number of hydrogen-bond acceptors (Lipinski definition) is 0. The summed E-state index contributed by atoms with van der Waals surface area (Å²) < 4.78 is 0. The Balaban J connectivity index is 0. The van der Waals surface area contributed by atoms with Crippen LogP contribution in [0, 0.1) is 0 Å². The van der Waals surface area contributed by atoms with Crippen molar-refractivity contribution in [2.75, 3.05) is 0 Å². The summed E-state index contributed by atoms with van der Waals surface area (Å²) in [5.41, 5.74) is 0. The smallest absolute Gasteiger partial charge is 1.00 e. The molecule has 0 radical (unpaired) electrons. The summed E-state index contributed by atoms with van der Waals surface area (Å²) >= 11 is 0. The third kappa shape index (κ3) is 3.29. The van der Waals surface area contributed by atoms with Crippen molar-refractivity contribution in [1.29, 1.82) is 0 Å². The summed E-state index contributed by atoms with van der Waals surface area (Å²) in [6, 6.07) is 10.8. The van der Waals surface area contributed by atoms with Gasteiger partial charge in [0.25, 0.3) is 0 Å². The van der Waals surface area contributed by atoms with E-state index in [9.17, 15) is 0 Å². The predicted octanol–water partition coefficient (Wildman–Crippen LogP) is -0.652. The summed E-state index contributed by atoms with van der Waals surface area (Å²) in [5, 5.41) is 1.54. The van der Waals surface area contributed by atoms with Gasteiger partial charge in [-0.05, 0) is 0 Å². The second-order valence-electron chi connectivity index (χ2n) is 3.62. The van der Waals surface area contributed by atoms with Crippen molar-refractivity contribution in [2.24, 2.45) is 0 Å². The topological polar surface area (TPSA) is 0 Å². The van der Waals surface area contributed by atoms with E-state index in [1.54, 1.807) is 0 Å². The molecule has 0 spiro atoms. The van der Waals surface area contributed by atoms with Crippen molar-refractivity contribution in [1.82, 2.24) is 0 Å². The molecule has 1 rings (SSSR count). The molecule has 0 atom stereocenters. The van der Waals surface area contributed by atoms with Gasteiger partial charge < -0.3 is 1.43 Å². The molecule has 2 heteroatoms. The molecule has 0 fully saturated rings. The van der Waals surface area contributed by atoms with Crippen LogP contribution in [-0.2, 0) is 0 Å². The van der Waals surface area contributed by atoms with Crippen molar-refractivity contribution < 1.29 is 20.3 Å². The molecule has 0 amide bonds. The second kappa shape index (κ2) is 4.16. The first-order chi connectivity index (χ1) is 4.61. The van der Waals surface area contributed by atoms with Crippen LogP contribution in [0.1, 0.15) is 1.43 Å². The molecule has 1 aromatic rings. The molecule has 0 N–H and O–H groups in total. The van der Waals surface area contributed by atoms with Gasteiger partial charge in [-0.1, -0.05) is 55.2 Å². The molecule has 0 aliphatic heterocycles. The van der Waals surface area contributed by atoms with Crippen LogP contribution in [-0.4, -0.2) is 8.07 Å². The SMILES string of the molecule is C[Si](C)(C)c1ccccc1.[H-].[Li+]. The minimum atomic E-state index is -1.03. The third-order valence-electron chi connectivity index (χ3n) is 1.64. The quantitative estimate of drug-likeness (QED) is 0.476. The molecule has 0 bridgehead atoms. The molecule has 0 aliphatic carbocycles. The molecular formula is C9H15LiSi. The molecule has 0 aliphatic rings. The van der Waals surface area contributed by atoms with Gasteiger partial charge in [0, 0.05) is 0 Å². The van der Waals surface area contributed by atoms with E-state index in [1.807, 2.05) is 0 Å². The third-order valence-corrected chi connectivity index (χ3v) is 3.71. The van der Waals surface area contributed by atoms with Crippen molar-refractivity contribution in [3.8, 4) is 0 Å². The van der Waals surface area contributed by atoms with Crippen LogP contribution in [0.15, 0.2) is 30.3 Å². The first-order valence-electron chi connectivity index (χ1n) is 3.66. The van der Waals surface area contributed by atoms with Crippen LogP contribution in [0.25, 0.3) is 0 Å². The summed E-state index contributed by atoms with van der Waals surface area (Å²) in [5.74, 6) is 0. The standard InChI is InChI=1S/C9H14Si.Li.H/c1-10(2,3)9-7-5-4-6-8-9;;/h4-8H,1-3H3;;/q;+1;-1. The van der Waals surface area contributed by atoms with Gasteiger partial charge in [0.2, 0.25) is 0 Å². The van der Waals surface area contributed by atoms with Gasteiger partial charge >= 0.3 is 18.9 Å². The van der Waals surface area contributed by atoms with Crippen molar-refractivity contribution in [3.63, 3.8) is 0 Å². The molecule has 0 saturated heterocycles. The largest absolute Gasteiger partial charge is 1.00 e. The summed E-state index contributed by atoms with van der Waals surface area (Å²) in [6.07, 6.45) is 0. The number of benzene rings is 1. The Morgan fingerprint density at radius 3 is 1.73 bits per heavy atom. The fourth-order valence-electron chi connectivity index (χ4n) is 0.938. The Morgan fingerprint density at radius 2 is 1.45 bits per heavy atom. The first-order valence-corrected chi connectivity index (χ1v) is 7.16. The zero-order chi connectivity index (χ0) is 7.61. The van der Waals surface area contributed by atoms with Crippen LogP contribution in [0.4, 0.5) is 0 Å². The number of rotatable bonds is 1. The Kier molecular flexibility index (Phi) is 4.17. The molecule has 0 heterocycles. The molecule has 0 saturated carbocycles. The van der Waals surface area contributed by atoms with Crippen LogP contribution < -0.4 is 24.0 Å². The molecule has 0 unspecified atom stereocenters. The summed E-state index contributed by atoms with van der Waals surface area (Å²) in [6.45, 7) is 7.09. The monoisotopic (exact) mass is 158 g/mol. The zero-order valence-electron chi connectivity index (χ0n) is 8.89. The van der Waals surface area contributed by atoms with Gasteiger partial charge in [0.1, 0.15) is 0 Å². The van der Waals surface area contributed by atoms with Gasteiger partial charge in [0.15, 0.2) is 0 Å². The normalized spacial score (nSPS) is 10.5. The van der Waals surface area contributed by atoms with Gasteiger partial charge in [-0.2, -0.15) is 0 Å². The summed E-state index contributed by atoms with van der Waals surface area (Å²) in [4.78, 5) is 0. The maximum Gasteiger partial charge on any atom is 1.00 e. The van der Waals surface area contributed by atoms with E-state index < -0.39 is 8.07 Å². The van der Waals surface area contributed by atoms with Gasteiger partial charge in [-0.3, -0.25) is 0 Å². The average Bonchev–Trinajstić information content (AvgIpc) is 1.88. The van der Waals surface area contributed by atoms with Crippen molar-refractivity contribution >= 4 is 13.3 Å². The van der Waals surface area contributed by atoms with Crippen LogP contribution in [0.2, 0.25) is 19.6 Å². The zero-order valence-corrected chi connectivity index (χ0v) is 8.89. The average molecular weight is 158 g/mol. The maximum atomic E-state index is 2.36. The van der Waals surface area contributed by atoms with Crippen LogP contribution >= 0.6 is 0 Å². The Labute approximate surface area is 83.7 Å². The second-order valence-corrected chi connectivity index (χ2v) is 8.69. The fraction of sp³-hybridized carbons (Fsp3) is 0.333. The van der Waals surface area contributed by atoms with E-state index in [1.165, 1.54) is 5.19 Å². The Morgan fingerprint density at radius 1 is 1.00 bits per heavy atom. The van der Waals surface area contributed by atoms with Gasteiger partial charge in [0.05, 0.1) is 8.07 Å². The maximum absolute atomic E-state index is 2.36. The van der Waals surface area contributed by atoms with E-state index in [0.29, 0.717) is 0 Å². The molecule has 0 nitrogen and oxygen atoms in total. The van der Waals surface area contributed by atoms with Gasteiger partial charge in [-0.25, -0.2) is 0 Å². The first kappa shape index (κ1) is 11.0. The summed E-state index contributed by atoms with van der Waals surface area (Å²) in [7, 11) is -1.03. The Hall–Kier alpha value is 0.0343. The molecule has 11 heavy (non-hydrogen) atoms. The Bertz CT molecular complexity index is 206. The van der Waals surface area contributed by atoms with Crippen molar-refractivity contribution in [2.45, 2.75) is 19.6 Å².